The fourth-order valence-corrected chi connectivity index (χ4v) is 10.2. The number of nitrogens with two attached hydrogens (primary N) is 3. The Balaban J connectivity index is 2.47. The standard InChI is InChI=1S/C64H103N13O17S/c1-32(2)28-46(71-54(83)42(66)30-38-15-19-40(80)20-16-38)58(87)68-44(23-24-49(67)82)55(84)72-47(29-33(3)4)59(88)69-45(25-27-95-11)57(86)74-50(34(5)6)61(90)73-48(31-39-17-21-41(81)22-18-39)60(89)75-51(35(7)8)62(91)76-52(36(9)78)63(92)70-43(14-12-13-26-65)56(85)77-53(37(10)79)64(93)94/h15-22,32-37,42-48,50-53,78-81H,12-14,23-31,65-66H2,1-11H3,(H2,67,82)(H,68,87)(H,69,88)(H,70,92)(H,71,83)(H,72,84)(H,73,90)(H,74,86)(H,75,89)(H,76,91)(H,77,85)(H,93,94)/t36-,37-,42+,43+,44+,45+,46+,47+,48+,50+,51+,52+,53+/m1/s1. The van der Waals surface area contributed by atoms with Gasteiger partial charge >= 0.3 is 5.97 Å². The Hall–Kier alpha value is -8.13. The van der Waals surface area contributed by atoms with Crippen LogP contribution in [0.1, 0.15) is 132 Å². The van der Waals surface area contributed by atoms with E-state index in [9.17, 15) is 83.1 Å². The first-order valence-corrected chi connectivity index (χ1v) is 33.3. The molecule has 31 heteroatoms. The van der Waals surface area contributed by atoms with Crippen molar-refractivity contribution in [3.8, 4) is 11.5 Å². The van der Waals surface area contributed by atoms with Crippen LogP contribution in [0.25, 0.3) is 0 Å². The summed E-state index contributed by atoms with van der Waals surface area (Å²) in [5.41, 5.74) is 18.4. The van der Waals surface area contributed by atoms with E-state index in [1.807, 2.05) is 0 Å². The number of unbranched alkanes of at least 4 members (excludes halogenated alkanes) is 1. The van der Waals surface area contributed by atoms with Crippen molar-refractivity contribution in [3.05, 3.63) is 59.7 Å². The fourth-order valence-electron chi connectivity index (χ4n) is 9.77. The van der Waals surface area contributed by atoms with Crippen molar-refractivity contribution < 1.29 is 83.1 Å². The van der Waals surface area contributed by atoms with Gasteiger partial charge in [0.1, 0.15) is 65.9 Å². The molecule has 0 aliphatic carbocycles. The Labute approximate surface area is 559 Å². The monoisotopic (exact) mass is 1360 g/mol. The number of amides is 11. The number of hydrogen-bond donors (Lipinski definition) is 18. The number of aliphatic carboxylic acids is 1. The second-order valence-corrected chi connectivity index (χ2v) is 26.3. The maximum absolute atomic E-state index is 14.6. The van der Waals surface area contributed by atoms with E-state index in [1.54, 1.807) is 73.8 Å². The molecule has 2 aromatic carbocycles. The van der Waals surface area contributed by atoms with Gasteiger partial charge in [-0.25, -0.2) is 4.79 Å². The number of nitrogens with one attached hydrogen (secondary N) is 10. The Kier molecular flexibility index (Phi) is 36.4. The summed E-state index contributed by atoms with van der Waals surface area (Å²) in [5.74, 6) is -12.8. The van der Waals surface area contributed by atoms with Crippen LogP contribution in [-0.4, -0.2) is 194 Å². The van der Waals surface area contributed by atoms with Gasteiger partial charge in [-0.3, -0.25) is 52.7 Å². The molecule has 0 saturated carbocycles. The highest BCUT2D eigenvalue weighted by atomic mass is 32.2. The zero-order chi connectivity index (χ0) is 72.0. The van der Waals surface area contributed by atoms with Crippen molar-refractivity contribution >= 4 is 82.7 Å². The molecule has 0 saturated heterocycles. The van der Waals surface area contributed by atoms with Gasteiger partial charge in [-0.15, -0.1) is 0 Å². The van der Waals surface area contributed by atoms with Gasteiger partial charge in [0.25, 0.3) is 0 Å². The summed E-state index contributed by atoms with van der Waals surface area (Å²) in [7, 11) is 0. The molecule has 2 aromatic rings. The van der Waals surface area contributed by atoms with E-state index in [0.29, 0.717) is 23.3 Å². The van der Waals surface area contributed by atoms with Crippen molar-refractivity contribution in [1.29, 1.82) is 0 Å². The van der Waals surface area contributed by atoms with Gasteiger partial charge in [0.2, 0.25) is 65.0 Å². The van der Waals surface area contributed by atoms with Gasteiger partial charge in [0, 0.05) is 12.8 Å². The van der Waals surface area contributed by atoms with Crippen molar-refractivity contribution in [2.75, 3.05) is 18.6 Å². The number of phenols is 2. The Bertz CT molecular complexity index is 2860. The second-order valence-electron chi connectivity index (χ2n) is 25.3. The summed E-state index contributed by atoms with van der Waals surface area (Å²) in [4.78, 5) is 165. The zero-order valence-electron chi connectivity index (χ0n) is 56.2. The number of rotatable bonds is 43. The van der Waals surface area contributed by atoms with E-state index < -0.39 is 161 Å². The van der Waals surface area contributed by atoms with Crippen molar-refractivity contribution in [3.63, 3.8) is 0 Å². The van der Waals surface area contributed by atoms with Crippen molar-refractivity contribution in [2.45, 2.75) is 212 Å². The molecule has 21 N–H and O–H groups in total. The highest BCUT2D eigenvalue weighted by Gasteiger charge is 2.39. The summed E-state index contributed by atoms with van der Waals surface area (Å²) in [5, 5.41) is 75.9. The highest BCUT2D eigenvalue weighted by Crippen LogP contribution is 2.17. The molecule has 30 nitrogen and oxygen atoms in total. The van der Waals surface area contributed by atoms with Crippen LogP contribution in [0.3, 0.4) is 0 Å². The van der Waals surface area contributed by atoms with Gasteiger partial charge in [0.05, 0.1) is 18.2 Å². The molecule has 0 bridgehead atoms. The number of hydrogen-bond acceptors (Lipinski definition) is 19. The highest BCUT2D eigenvalue weighted by molar-refractivity contribution is 7.98. The first-order chi connectivity index (χ1) is 44.5. The third-order valence-electron chi connectivity index (χ3n) is 15.2. The topological polar surface area (TPSA) is 504 Å². The van der Waals surface area contributed by atoms with Crippen LogP contribution >= 0.6 is 11.8 Å². The molecule has 0 aromatic heterocycles. The molecule has 2 rings (SSSR count). The van der Waals surface area contributed by atoms with Gasteiger partial charge in [-0.1, -0.05) is 79.7 Å². The molecule has 0 radical (unpaired) electrons. The lowest BCUT2D eigenvalue weighted by Crippen LogP contribution is -2.63. The lowest BCUT2D eigenvalue weighted by atomic mass is 9.98. The Morgan fingerprint density at radius 2 is 0.779 bits per heavy atom. The number of carboxylic acids is 1. The summed E-state index contributed by atoms with van der Waals surface area (Å²) in [6, 6.07) is -4.07. The smallest absolute Gasteiger partial charge is 0.328 e. The maximum Gasteiger partial charge on any atom is 0.328 e. The first kappa shape index (κ1) is 83.0. The third kappa shape index (κ3) is 30.0. The van der Waals surface area contributed by atoms with Gasteiger partial charge < -0.3 is 95.9 Å². The SMILES string of the molecule is CSCC[C@H](NC(=O)[C@H](CC(C)C)NC(=O)[C@H](CCC(N)=O)NC(=O)[C@H](CC(C)C)NC(=O)[C@@H](N)Cc1ccc(O)cc1)C(=O)N[C@H](C(=O)N[C@@H](Cc1ccc(O)cc1)C(=O)N[C@H](C(=O)N[C@H](C(=O)N[C@@H](CCCCN)C(=O)N[C@H](C(=O)O)[C@@H](C)O)[C@@H](C)O)C(C)C)C(C)C. The number of primary amides is 1. The number of thioether (sulfide) groups is 1. The summed E-state index contributed by atoms with van der Waals surface area (Å²) >= 11 is 1.34. The fraction of sp³-hybridized carbons (Fsp3) is 0.625. The van der Waals surface area contributed by atoms with E-state index >= 15 is 0 Å². The molecule has 95 heavy (non-hydrogen) atoms. The molecule has 532 valence electrons. The molecule has 0 spiro atoms. The molecular weight excluding hydrogens is 1250 g/mol. The normalized spacial score (nSPS) is 15.5. The molecule has 0 unspecified atom stereocenters. The number of carbonyl (C=O) groups is 12. The van der Waals surface area contributed by atoms with Crippen LogP contribution < -0.4 is 70.4 Å². The van der Waals surface area contributed by atoms with E-state index in [2.05, 4.69) is 53.2 Å². The number of phenolic OH excluding ortho intramolecular Hbond substituents is 2. The predicted molar refractivity (Wildman–Crippen MR) is 355 cm³/mol. The summed E-state index contributed by atoms with van der Waals surface area (Å²) in [6.45, 7) is 16.0. The van der Waals surface area contributed by atoms with Crippen molar-refractivity contribution in [2.24, 2.45) is 40.9 Å². The van der Waals surface area contributed by atoms with Crippen LogP contribution in [0.4, 0.5) is 0 Å². The summed E-state index contributed by atoms with van der Waals surface area (Å²) in [6.07, 6.45) is -1.50. The minimum Gasteiger partial charge on any atom is -0.508 e. The zero-order valence-corrected chi connectivity index (χ0v) is 57.0. The number of aliphatic hydroxyl groups excluding tert-OH is 2. The first-order valence-electron chi connectivity index (χ1n) is 31.9. The quantitative estimate of drug-likeness (QED) is 0.0335. The van der Waals surface area contributed by atoms with Gasteiger partial charge in [0.15, 0.2) is 6.04 Å². The predicted octanol–water partition coefficient (Wildman–Crippen LogP) is -1.54. The number of benzene rings is 2. The molecule has 0 heterocycles. The van der Waals surface area contributed by atoms with E-state index in [0.717, 1.165) is 6.92 Å². The second kappa shape index (κ2) is 41.6. The minimum atomic E-state index is -1.76. The number of carbonyl (C=O) groups excluding carboxylic acids is 11. The molecular formula is C64H103N13O17S. The molecule has 0 fully saturated rings. The molecule has 0 aliphatic rings. The van der Waals surface area contributed by atoms with E-state index in [4.69, 9.17) is 17.2 Å². The Morgan fingerprint density at radius 1 is 0.432 bits per heavy atom. The average molecular weight is 1360 g/mol. The maximum atomic E-state index is 14.6. The molecule has 0 aliphatic heterocycles. The van der Waals surface area contributed by atoms with E-state index in [1.165, 1.54) is 55.1 Å². The number of aliphatic hydroxyl groups is 2. The molecule has 13 atom stereocenters. The van der Waals surface area contributed by atoms with Crippen LogP contribution in [0.5, 0.6) is 11.5 Å². The van der Waals surface area contributed by atoms with Crippen LogP contribution in [0, 0.1) is 23.7 Å². The lowest BCUT2D eigenvalue weighted by molar-refractivity contribution is -0.145. The largest absolute Gasteiger partial charge is 0.508 e. The lowest BCUT2D eigenvalue weighted by Gasteiger charge is -2.30. The van der Waals surface area contributed by atoms with Gasteiger partial charge in [-0.2, -0.15) is 11.8 Å². The summed E-state index contributed by atoms with van der Waals surface area (Å²) < 4.78 is 0. The minimum absolute atomic E-state index is 0.00772. The van der Waals surface area contributed by atoms with Crippen LogP contribution in [0.15, 0.2) is 48.5 Å². The average Bonchev–Trinajstić information content (AvgIpc) is 0.878. The Morgan fingerprint density at radius 3 is 1.20 bits per heavy atom. The third-order valence-corrected chi connectivity index (χ3v) is 15.8. The van der Waals surface area contributed by atoms with Crippen LogP contribution in [-0.2, 0) is 70.4 Å². The van der Waals surface area contributed by atoms with Crippen LogP contribution in [0.2, 0.25) is 0 Å². The van der Waals surface area contributed by atoms with Crippen molar-refractivity contribution in [1.82, 2.24) is 53.2 Å². The van der Waals surface area contributed by atoms with E-state index in [-0.39, 0.29) is 87.7 Å². The van der Waals surface area contributed by atoms with Gasteiger partial charge in [-0.05, 0) is 143 Å². The number of aromatic hydroxyl groups is 2. The number of carboxylic acid groups (broad SMARTS) is 1. The molecule has 11 amide bonds.